The summed E-state index contributed by atoms with van der Waals surface area (Å²) in [6, 6.07) is 14.6. The van der Waals surface area contributed by atoms with E-state index in [0.29, 0.717) is 34.2 Å². The third-order valence-electron chi connectivity index (χ3n) is 5.04. The Hall–Kier alpha value is -4.54. The predicted molar refractivity (Wildman–Crippen MR) is 138 cm³/mol. The Morgan fingerprint density at radius 1 is 1.27 bits per heavy atom. The summed E-state index contributed by atoms with van der Waals surface area (Å²) in [5, 5.41) is 21.6. The minimum Gasteiger partial charge on any atom is -0.494 e. The van der Waals surface area contributed by atoms with E-state index >= 15 is 0 Å². The molecule has 0 saturated carbocycles. The number of non-ortho nitro benzene ring substituents is 1. The fourth-order valence-corrected chi connectivity index (χ4v) is 5.27. The van der Waals surface area contributed by atoms with Crippen LogP contribution < -0.4 is 16.0 Å². The van der Waals surface area contributed by atoms with Crippen molar-refractivity contribution in [2.24, 2.45) is 5.73 Å². The number of aromatic amines is 1. The average molecular weight is 535 g/mol. The number of amides is 1. The molecule has 0 bridgehead atoms. The average Bonchev–Trinajstić information content (AvgIpc) is 3.37. The van der Waals surface area contributed by atoms with Gasteiger partial charge in [-0.1, -0.05) is 23.9 Å². The molecule has 0 aliphatic heterocycles. The standard InChI is InChI=1S/C24H18N6O5S2/c1-2-35-16-5-3-4-14(10-16)19-17(11-25)22(32)29-24(28-19)37-20(21(26)31)23-27-18(12-36-23)13-6-8-15(9-7-13)30(33)34/h3-10,12,20H,2H2,1H3,(H2,26,31)(H,28,29,32). The number of thiazole rings is 1. The number of nitro benzene ring substituents is 1. The van der Waals surface area contributed by atoms with E-state index in [1.807, 2.05) is 13.0 Å². The van der Waals surface area contributed by atoms with Gasteiger partial charge < -0.3 is 15.5 Å². The van der Waals surface area contributed by atoms with E-state index in [9.17, 15) is 25.0 Å². The molecule has 11 nitrogen and oxygen atoms in total. The number of carbonyl (C=O) groups excluding carboxylic acids is 1. The van der Waals surface area contributed by atoms with Gasteiger partial charge in [0.05, 0.1) is 22.9 Å². The Kier molecular flexibility index (Phi) is 7.61. The molecule has 2 heterocycles. The number of aromatic nitrogens is 3. The second-order valence-electron chi connectivity index (χ2n) is 7.44. The van der Waals surface area contributed by atoms with Crippen LogP contribution in [0.1, 0.15) is 22.7 Å². The Labute approximate surface area is 218 Å². The molecule has 1 amide bonds. The Balaban J connectivity index is 1.68. The molecule has 1 atom stereocenters. The van der Waals surface area contributed by atoms with Crippen molar-refractivity contribution in [3.05, 3.63) is 85.0 Å². The number of thioether (sulfide) groups is 1. The number of H-pyrrole nitrogens is 1. The molecule has 1 unspecified atom stereocenters. The van der Waals surface area contributed by atoms with Crippen LogP contribution in [0.3, 0.4) is 0 Å². The third kappa shape index (κ3) is 5.66. The molecule has 0 saturated heterocycles. The number of nitriles is 1. The summed E-state index contributed by atoms with van der Waals surface area (Å²) in [7, 11) is 0. The quantitative estimate of drug-likeness (QED) is 0.139. The van der Waals surface area contributed by atoms with E-state index in [4.69, 9.17) is 10.5 Å². The van der Waals surface area contributed by atoms with Gasteiger partial charge in [-0.2, -0.15) is 5.26 Å². The fourth-order valence-electron chi connectivity index (χ4n) is 3.36. The van der Waals surface area contributed by atoms with Crippen LogP contribution in [0.5, 0.6) is 5.75 Å². The molecule has 186 valence electrons. The maximum atomic E-state index is 12.7. The van der Waals surface area contributed by atoms with E-state index in [1.165, 1.54) is 23.5 Å². The number of nitrogens with two attached hydrogens (primary N) is 1. The molecule has 0 spiro atoms. The predicted octanol–water partition coefficient (Wildman–Crippen LogP) is 4.06. The van der Waals surface area contributed by atoms with Gasteiger partial charge in [0.1, 0.15) is 27.6 Å². The first-order valence-corrected chi connectivity index (χ1v) is 12.5. The zero-order valence-corrected chi connectivity index (χ0v) is 20.8. The van der Waals surface area contributed by atoms with Crippen LogP contribution in [-0.2, 0) is 4.79 Å². The van der Waals surface area contributed by atoms with Crippen molar-refractivity contribution in [1.82, 2.24) is 15.0 Å². The van der Waals surface area contributed by atoms with Gasteiger partial charge in [0.15, 0.2) is 5.16 Å². The highest BCUT2D eigenvalue weighted by Gasteiger charge is 2.26. The first-order valence-electron chi connectivity index (χ1n) is 10.7. The van der Waals surface area contributed by atoms with E-state index in [2.05, 4.69) is 15.0 Å². The number of nitrogens with zero attached hydrogens (tertiary/aromatic N) is 4. The van der Waals surface area contributed by atoms with E-state index in [1.54, 1.807) is 41.8 Å². The number of benzene rings is 2. The normalized spacial score (nSPS) is 11.5. The smallest absolute Gasteiger partial charge is 0.270 e. The van der Waals surface area contributed by atoms with E-state index < -0.39 is 21.6 Å². The number of rotatable bonds is 9. The SMILES string of the molecule is CCOc1cccc(-c2nc(SC(C(N)=O)c3nc(-c4ccc([N+](=O)[O-])cc4)cs3)[nH]c(=O)c2C#N)c1. The maximum absolute atomic E-state index is 12.7. The van der Waals surface area contributed by atoms with Crippen molar-refractivity contribution in [2.75, 3.05) is 6.61 Å². The molecular weight excluding hydrogens is 516 g/mol. The summed E-state index contributed by atoms with van der Waals surface area (Å²) in [4.78, 5) is 46.9. The monoisotopic (exact) mass is 534 g/mol. The Morgan fingerprint density at radius 2 is 2.03 bits per heavy atom. The van der Waals surface area contributed by atoms with Crippen molar-refractivity contribution < 1.29 is 14.5 Å². The molecule has 4 aromatic rings. The Bertz CT molecular complexity index is 1580. The van der Waals surface area contributed by atoms with Crippen LogP contribution in [0.15, 0.2) is 63.9 Å². The number of hydrogen-bond donors (Lipinski definition) is 2. The summed E-state index contributed by atoms with van der Waals surface area (Å²) < 4.78 is 5.51. The Morgan fingerprint density at radius 3 is 2.68 bits per heavy atom. The molecule has 2 aromatic carbocycles. The van der Waals surface area contributed by atoms with Gasteiger partial charge in [0, 0.05) is 28.6 Å². The zero-order chi connectivity index (χ0) is 26.5. The minimum atomic E-state index is -0.990. The van der Waals surface area contributed by atoms with Gasteiger partial charge in [-0.15, -0.1) is 11.3 Å². The lowest BCUT2D eigenvalue weighted by Gasteiger charge is -2.12. The van der Waals surface area contributed by atoms with Crippen molar-refractivity contribution in [2.45, 2.75) is 17.3 Å². The highest BCUT2D eigenvalue weighted by molar-refractivity contribution is 8.00. The molecule has 2 aromatic heterocycles. The van der Waals surface area contributed by atoms with Crippen molar-refractivity contribution >= 4 is 34.7 Å². The van der Waals surface area contributed by atoms with Crippen LogP contribution >= 0.6 is 23.1 Å². The second-order valence-corrected chi connectivity index (χ2v) is 9.43. The highest BCUT2D eigenvalue weighted by Crippen LogP contribution is 2.37. The van der Waals surface area contributed by atoms with Crippen molar-refractivity contribution in [3.8, 4) is 34.3 Å². The largest absolute Gasteiger partial charge is 0.494 e. The molecule has 0 aliphatic rings. The molecule has 3 N–H and O–H groups in total. The maximum Gasteiger partial charge on any atom is 0.270 e. The summed E-state index contributed by atoms with van der Waals surface area (Å²) in [5.74, 6) is -0.154. The van der Waals surface area contributed by atoms with Gasteiger partial charge in [0.25, 0.3) is 11.2 Å². The van der Waals surface area contributed by atoms with Gasteiger partial charge >= 0.3 is 0 Å². The number of nitro groups is 1. The molecule has 0 aliphatic carbocycles. The van der Waals surface area contributed by atoms with Crippen LogP contribution in [-0.4, -0.2) is 32.4 Å². The summed E-state index contributed by atoms with van der Waals surface area (Å²) >= 11 is 2.07. The number of primary amides is 1. The lowest BCUT2D eigenvalue weighted by atomic mass is 10.1. The molecular formula is C24H18N6O5S2. The van der Waals surface area contributed by atoms with Crippen molar-refractivity contribution in [3.63, 3.8) is 0 Å². The highest BCUT2D eigenvalue weighted by atomic mass is 32.2. The molecule has 4 rings (SSSR count). The molecule has 13 heteroatoms. The number of ether oxygens (including phenoxy) is 1. The van der Waals surface area contributed by atoms with Gasteiger partial charge in [-0.3, -0.25) is 19.7 Å². The first-order chi connectivity index (χ1) is 17.8. The van der Waals surface area contributed by atoms with E-state index in [-0.39, 0.29) is 22.1 Å². The topological polar surface area (TPSA) is 178 Å². The zero-order valence-electron chi connectivity index (χ0n) is 19.2. The summed E-state index contributed by atoms with van der Waals surface area (Å²) in [6.45, 7) is 2.28. The third-order valence-corrected chi connectivity index (χ3v) is 7.20. The lowest BCUT2D eigenvalue weighted by molar-refractivity contribution is -0.384. The van der Waals surface area contributed by atoms with Crippen LogP contribution in [0, 0.1) is 21.4 Å². The van der Waals surface area contributed by atoms with Gasteiger partial charge in [0.2, 0.25) is 5.91 Å². The van der Waals surface area contributed by atoms with Crippen LogP contribution in [0.2, 0.25) is 0 Å². The van der Waals surface area contributed by atoms with Gasteiger partial charge in [-0.05, 0) is 31.2 Å². The van der Waals surface area contributed by atoms with Crippen molar-refractivity contribution in [1.29, 1.82) is 5.26 Å². The van der Waals surface area contributed by atoms with Gasteiger partial charge in [-0.25, -0.2) is 9.97 Å². The number of hydrogen-bond acceptors (Lipinski definition) is 10. The second kappa shape index (κ2) is 11.0. The molecule has 0 fully saturated rings. The summed E-state index contributed by atoms with van der Waals surface area (Å²) in [6.07, 6.45) is 0. The van der Waals surface area contributed by atoms with E-state index in [0.717, 1.165) is 11.8 Å². The summed E-state index contributed by atoms with van der Waals surface area (Å²) in [5.41, 5.74) is 6.55. The van der Waals surface area contributed by atoms with Crippen LogP contribution in [0.4, 0.5) is 5.69 Å². The lowest BCUT2D eigenvalue weighted by Crippen LogP contribution is -2.21. The first kappa shape index (κ1) is 25.5. The fraction of sp³-hybridized carbons (Fsp3) is 0.125. The molecule has 0 radical (unpaired) electrons. The molecule has 37 heavy (non-hydrogen) atoms. The van der Waals surface area contributed by atoms with Crippen LogP contribution in [0.25, 0.3) is 22.5 Å². The number of carbonyl (C=O) groups is 1. The number of nitrogens with one attached hydrogen (secondary N) is 1. The minimum absolute atomic E-state index is 0.0526.